The maximum absolute atomic E-state index is 13.3. The monoisotopic (exact) mass is 521 g/mol. The number of aliphatic imine (C=N–C) groups is 1. The van der Waals surface area contributed by atoms with Crippen LogP contribution in [0, 0.1) is 0 Å². The van der Waals surface area contributed by atoms with Crippen LogP contribution in [0.25, 0.3) is 0 Å². The molecule has 0 saturated carbocycles. The maximum atomic E-state index is 13.3. The Morgan fingerprint density at radius 1 is 1.34 bits per heavy atom. The summed E-state index contributed by atoms with van der Waals surface area (Å²) in [7, 11) is 3.08. The fourth-order valence-electron chi connectivity index (χ4n) is 4.23. The molecule has 200 valence electrons. The van der Waals surface area contributed by atoms with Gasteiger partial charge < -0.3 is 25.8 Å². The first kappa shape index (κ1) is 26.6. The van der Waals surface area contributed by atoms with Gasteiger partial charge in [0.15, 0.2) is 5.84 Å². The van der Waals surface area contributed by atoms with Gasteiger partial charge >= 0.3 is 0 Å². The Morgan fingerprint density at radius 2 is 2.16 bits per heavy atom. The lowest BCUT2D eigenvalue weighted by Gasteiger charge is -2.30. The average Bonchev–Trinajstić information content (AvgIpc) is 3.44. The van der Waals surface area contributed by atoms with Gasteiger partial charge in [-0.25, -0.2) is 10.5 Å². The van der Waals surface area contributed by atoms with Crippen LogP contribution in [0.5, 0.6) is 5.75 Å². The molecular formula is C25H31N9O4. The zero-order valence-corrected chi connectivity index (χ0v) is 21.4. The van der Waals surface area contributed by atoms with E-state index in [1.165, 1.54) is 19.5 Å². The van der Waals surface area contributed by atoms with E-state index in [0.717, 1.165) is 11.1 Å². The number of carbonyl (C=O) groups is 2. The minimum absolute atomic E-state index is 0.0959. The standard InChI is InChI=1S/C25H31N9O4/c1-15(14-35)34-23(30-31-32-34)20-5-4-6-22(28-20)29-24(36)19-9-17-13-33(25(37)18(11-26)12-27-2)8-7-16(17)10-21(19)38-3/h4-6,9-12,15,31-32,35H,7-8,13-14,26H2,1-3H3,(H,28,29,36)/b18-11+,27-12?. The number of amides is 2. The largest absolute Gasteiger partial charge is 0.496 e. The van der Waals surface area contributed by atoms with Gasteiger partial charge in [-0.3, -0.25) is 19.6 Å². The van der Waals surface area contributed by atoms with E-state index in [9.17, 15) is 14.7 Å². The number of anilines is 1. The molecule has 0 spiro atoms. The van der Waals surface area contributed by atoms with Crippen LogP contribution in [0.4, 0.5) is 5.82 Å². The molecule has 6 N–H and O–H groups in total. The van der Waals surface area contributed by atoms with Crippen molar-refractivity contribution in [3.63, 3.8) is 0 Å². The average molecular weight is 522 g/mol. The highest BCUT2D eigenvalue weighted by Gasteiger charge is 2.27. The molecule has 3 heterocycles. The van der Waals surface area contributed by atoms with Crippen LogP contribution in [0.15, 0.2) is 52.2 Å². The van der Waals surface area contributed by atoms with E-state index in [1.807, 2.05) is 13.0 Å². The summed E-state index contributed by atoms with van der Waals surface area (Å²) in [6, 6.07) is 8.47. The highest BCUT2D eigenvalue weighted by Crippen LogP contribution is 2.29. The molecule has 2 aromatic rings. The topological polar surface area (TPSA) is 170 Å². The van der Waals surface area contributed by atoms with Gasteiger partial charge in [0.25, 0.3) is 11.8 Å². The van der Waals surface area contributed by atoms with Crippen LogP contribution >= 0.6 is 0 Å². The molecule has 0 bridgehead atoms. The van der Waals surface area contributed by atoms with Gasteiger partial charge in [0, 0.05) is 32.6 Å². The second-order valence-corrected chi connectivity index (χ2v) is 8.73. The van der Waals surface area contributed by atoms with Gasteiger partial charge in [-0.1, -0.05) is 6.07 Å². The first-order valence-electron chi connectivity index (χ1n) is 12.0. The van der Waals surface area contributed by atoms with Gasteiger partial charge in [-0.2, -0.15) is 0 Å². The van der Waals surface area contributed by atoms with Gasteiger partial charge in [0.05, 0.1) is 30.9 Å². The number of rotatable bonds is 8. The summed E-state index contributed by atoms with van der Waals surface area (Å²) < 4.78 is 5.52. The number of carbonyl (C=O) groups excluding carboxylic acids is 2. The second kappa shape index (κ2) is 11.7. The number of fused-ring (bicyclic) bond motifs is 1. The highest BCUT2D eigenvalue weighted by atomic mass is 16.5. The fraction of sp³-hybridized carbons (Fsp3) is 0.320. The Kier molecular flexibility index (Phi) is 8.19. The third-order valence-corrected chi connectivity index (χ3v) is 6.25. The number of hydrogen-bond acceptors (Lipinski definition) is 11. The maximum Gasteiger partial charge on any atom is 0.260 e. The normalized spacial score (nSPS) is 16.1. The molecule has 1 unspecified atom stereocenters. The number of methoxy groups -OCH3 is 1. The molecule has 0 saturated heterocycles. The molecule has 2 amide bonds. The molecule has 13 heteroatoms. The molecule has 0 fully saturated rings. The third-order valence-electron chi connectivity index (χ3n) is 6.25. The molecule has 38 heavy (non-hydrogen) atoms. The molecule has 4 rings (SSSR count). The summed E-state index contributed by atoms with van der Waals surface area (Å²) in [6.07, 6.45) is 3.28. The highest BCUT2D eigenvalue weighted by molar-refractivity contribution is 6.12. The van der Waals surface area contributed by atoms with Crippen LogP contribution in [-0.4, -0.2) is 77.2 Å². The van der Waals surface area contributed by atoms with E-state index in [4.69, 9.17) is 10.5 Å². The number of amidine groups is 1. The number of nitrogens with one attached hydrogen (secondary N) is 3. The van der Waals surface area contributed by atoms with Crippen molar-refractivity contribution in [1.82, 2.24) is 26.0 Å². The van der Waals surface area contributed by atoms with Gasteiger partial charge in [-0.05, 0) is 48.7 Å². The van der Waals surface area contributed by atoms with Crippen LogP contribution in [0.2, 0.25) is 0 Å². The van der Waals surface area contributed by atoms with Crippen molar-refractivity contribution in [2.24, 2.45) is 15.8 Å². The summed E-state index contributed by atoms with van der Waals surface area (Å²) in [5.74, 6) is 0.567. The van der Waals surface area contributed by atoms with E-state index < -0.39 is 5.91 Å². The molecule has 1 aromatic carbocycles. The van der Waals surface area contributed by atoms with Crippen LogP contribution < -0.4 is 26.9 Å². The van der Waals surface area contributed by atoms with E-state index >= 15 is 0 Å². The summed E-state index contributed by atoms with van der Waals surface area (Å²) in [5.41, 5.74) is 14.1. The molecule has 13 nitrogen and oxygen atoms in total. The lowest BCUT2D eigenvalue weighted by Crippen LogP contribution is -2.48. The minimum atomic E-state index is -0.413. The van der Waals surface area contributed by atoms with Crippen molar-refractivity contribution in [2.45, 2.75) is 25.9 Å². The molecule has 0 aliphatic carbocycles. The zero-order valence-electron chi connectivity index (χ0n) is 21.4. The molecule has 1 aromatic heterocycles. The number of aliphatic hydroxyl groups excluding tert-OH is 1. The van der Waals surface area contributed by atoms with Gasteiger partial charge in [0.1, 0.15) is 17.3 Å². The molecule has 2 aliphatic heterocycles. The van der Waals surface area contributed by atoms with E-state index in [-0.39, 0.29) is 18.6 Å². The van der Waals surface area contributed by atoms with Crippen molar-refractivity contribution in [3.05, 3.63) is 64.5 Å². The second-order valence-electron chi connectivity index (χ2n) is 8.73. The van der Waals surface area contributed by atoms with Crippen LogP contribution in [-0.2, 0) is 17.8 Å². The smallest absolute Gasteiger partial charge is 0.260 e. The van der Waals surface area contributed by atoms with Crippen LogP contribution in [0.3, 0.4) is 0 Å². The number of pyridine rings is 1. The zero-order chi connectivity index (χ0) is 27.2. The van der Waals surface area contributed by atoms with E-state index in [2.05, 4.69) is 31.5 Å². The summed E-state index contributed by atoms with van der Waals surface area (Å²) in [4.78, 5) is 36.3. The Hall–Kier alpha value is -4.49. The Labute approximate surface area is 220 Å². The summed E-state index contributed by atoms with van der Waals surface area (Å²) >= 11 is 0. The Bertz CT molecular complexity index is 1310. The number of aromatic nitrogens is 1. The SMILES string of the molecule is CN=C/C(=C\N)C(=O)N1CCc2cc(OC)c(C(=O)Nc3cccc(C4=NNNN4C(C)CO)n3)cc2C1. The summed E-state index contributed by atoms with van der Waals surface area (Å²) in [5, 5.41) is 18.2. The number of hydrogen-bond donors (Lipinski definition) is 5. The molecule has 0 radical (unpaired) electrons. The Balaban J connectivity index is 1.56. The lowest BCUT2D eigenvalue weighted by atomic mass is 9.95. The quantitative estimate of drug-likeness (QED) is 0.239. The van der Waals surface area contributed by atoms with Crippen molar-refractivity contribution >= 4 is 29.7 Å². The van der Waals surface area contributed by atoms with E-state index in [1.54, 1.807) is 41.2 Å². The fourth-order valence-corrected chi connectivity index (χ4v) is 4.23. The van der Waals surface area contributed by atoms with Crippen molar-refractivity contribution < 1.29 is 19.4 Å². The lowest BCUT2D eigenvalue weighted by molar-refractivity contribution is -0.127. The number of aliphatic hydroxyl groups is 1. The van der Waals surface area contributed by atoms with Crippen molar-refractivity contribution in [2.75, 3.05) is 32.6 Å². The van der Waals surface area contributed by atoms with Gasteiger partial charge in [-0.15, -0.1) is 10.6 Å². The van der Waals surface area contributed by atoms with Crippen LogP contribution in [0.1, 0.15) is 34.1 Å². The first-order chi connectivity index (χ1) is 18.4. The van der Waals surface area contributed by atoms with Crippen molar-refractivity contribution in [3.8, 4) is 5.75 Å². The Morgan fingerprint density at radius 3 is 2.87 bits per heavy atom. The minimum Gasteiger partial charge on any atom is -0.496 e. The van der Waals surface area contributed by atoms with Gasteiger partial charge in [0.2, 0.25) is 0 Å². The predicted molar refractivity (Wildman–Crippen MR) is 142 cm³/mol. The number of benzene rings is 1. The van der Waals surface area contributed by atoms with Crippen molar-refractivity contribution in [1.29, 1.82) is 0 Å². The number of nitrogens with two attached hydrogens (primary N) is 1. The number of hydrazone groups is 1. The number of ether oxygens (including phenoxy) is 1. The molecule has 2 aliphatic rings. The predicted octanol–water partition coefficient (Wildman–Crippen LogP) is 0.138. The van der Waals surface area contributed by atoms with E-state index in [0.29, 0.717) is 53.7 Å². The number of hydrazine groups is 2. The molecular weight excluding hydrogens is 490 g/mol. The first-order valence-corrected chi connectivity index (χ1v) is 12.0. The third kappa shape index (κ3) is 5.43. The number of nitrogens with zero attached hydrogens (tertiary/aromatic N) is 5. The summed E-state index contributed by atoms with van der Waals surface area (Å²) in [6.45, 7) is 2.55. The molecule has 1 atom stereocenters.